The van der Waals surface area contributed by atoms with E-state index in [0.29, 0.717) is 0 Å². The van der Waals surface area contributed by atoms with Gasteiger partial charge in [-0.2, -0.15) is 0 Å². The van der Waals surface area contributed by atoms with Gasteiger partial charge in [0.05, 0.1) is 0 Å². The summed E-state index contributed by atoms with van der Waals surface area (Å²) in [5.41, 5.74) is 1.21. The van der Waals surface area contributed by atoms with Gasteiger partial charge in [0.2, 0.25) is 0 Å². The number of rotatable bonds is 3. The standard InChI is InChI=1S/C12H16F2/c1-4-10-5-7-11(8-6-10)12(13,14)9(2)3/h5-9H,4H2,1-3H3. The fourth-order valence-electron chi connectivity index (χ4n) is 1.30. The van der Waals surface area contributed by atoms with Crippen LogP contribution in [0.5, 0.6) is 0 Å². The van der Waals surface area contributed by atoms with Crippen LogP contribution < -0.4 is 0 Å². The Bertz CT molecular complexity index is 286. The van der Waals surface area contributed by atoms with Gasteiger partial charge >= 0.3 is 0 Å². The molecule has 0 heterocycles. The molecule has 0 bridgehead atoms. The molecule has 0 fully saturated rings. The Labute approximate surface area is 84.0 Å². The van der Waals surface area contributed by atoms with Crippen LogP contribution >= 0.6 is 0 Å². The molecule has 1 rings (SSSR count). The molecule has 0 saturated heterocycles. The van der Waals surface area contributed by atoms with Crippen LogP contribution in [0.4, 0.5) is 8.78 Å². The minimum Gasteiger partial charge on any atom is -0.201 e. The molecular weight excluding hydrogens is 182 g/mol. The molecule has 0 spiro atoms. The second-order valence-electron chi connectivity index (χ2n) is 3.83. The summed E-state index contributed by atoms with van der Waals surface area (Å²) in [5, 5.41) is 0. The first-order chi connectivity index (χ1) is 6.48. The molecule has 78 valence electrons. The zero-order chi connectivity index (χ0) is 10.8. The van der Waals surface area contributed by atoms with Crippen LogP contribution in [0.2, 0.25) is 0 Å². The van der Waals surface area contributed by atoms with Gasteiger partial charge in [-0.15, -0.1) is 0 Å². The molecule has 0 aliphatic carbocycles. The van der Waals surface area contributed by atoms with Gasteiger partial charge in [0.1, 0.15) is 0 Å². The van der Waals surface area contributed by atoms with E-state index in [1.165, 1.54) is 26.0 Å². The lowest BCUT2D eigenvalue weighted by atomic mass is 9.97. The maximum Gasteiger partial charge on any atom is 0.275 e. The molecule has 0 atom stereocenters. The Kier molecular flexibility index (Phi) is 3.25. The van der Waals surface area contributed by atoms with E-state index in [1.807, 2.05) is 6.92 Å². The first-order valence-electron chi connectivity index (χ1n) is 4.95. The maximum absolute atomic E-state index is 13.5. The highest BCUT2D eigenvalue weighted by molar-refractivity contribution is 5.26. The van der Waals surface area contributed by atoms with Gasteiger partial charge in [0, 0.05) is 11.5 Å². The van der Waals surface area contributed by atoms with Crippen LogP contribution in [0, 0.1) is 5.92 Å². The summed E-state index contributed by atoms with van der Waals surface area (Å²) in [7, 11) is 0. The molecule has 0 nitrogen and oxygen atoms in total. The lowest BCUT2D eigenvalue weighted by Crippen LogP contribution is -2.20. The third-order valence-electron chi connectivity index (χ3n) is 2.47. The largest absolute Gasteiger partial charge is 0.275 e. The highest BCUT2D eigenvalue weighted by Crippen LogP contribution is 2.35. The zero-order valence-corrected chi connectivity index (χ0v) is 8.85. The molecule has 0 aromatic heterocycles. The van der Waals surface area contributed by atoms with E-state index in [2.05, 4.69) is 0 Å². The molecule has 0 radical (unpaired) electrons. The molecule has 1 aromatic rings. The molecule has 0 aliphatic heterocycles. The summed E-state index contributed by atoms with van der Waals surface area (Å²) in [6, 6.07) is 6.59. The van der Waals surface area contributed by atoms with Gasteiger partial charge < -0.3 is 0 Å². The number of hydrogen-bond donors (Lipinski definition) is 0. The predicted octanol–water partition coefficient (Wildman–Crippen LogP) is 4.00. The fourth-order valence-corrected chi connectivity index (χ4v) is 1.30. The number of halogens is 2. The quantitative estimate of drug-likeness (QED) is 0.688. The van der Waals surface area contributed by atoms with Gasteiger partial charge in [-0.3, -0.25) is 0 Å². The first-order valence-corrected chi connectivity index (χ1v) is 4.95. The molecule has 0 unspecified atom stereocenters. The minimum atomic E-state index is -2.72. The lowest BCUT2D eigenvalue weighted by Gasteiger charge is -2.20. The van der Waals surface area contributed by atoms with Gasteiger partial charge in [0.25, 0.3) is 5.92 Å². The van der Waals surface area contributed by atoms with Crippen molar-refractivity contribution in [2.75, 3.05) is 0 Å². The number of benzene rings is 1. The highest BCUT2D eigenvalue weighted by atomic mass is 19.3. The van der Waals surface area contributed by atoms with Crippen molar-refractivity contribution >= 4 is 0 Å². The van der Waals surface area contributed by atoms with Crippen molar-refractivity contribution in [1.82, 2.24) is 0 Å². The highest BCUT2D eigenvalue weighted by Gasteiger charge is 2.35. The monoisotopic (exact) mass is 198 g/mol. The van der Waals surface area contributed by atoms with E-state index in [4.69, 9.17) is 0 Å². The average molecular weight is 198 g/mol. The number of aryl methyl sites for hydroxylation is 1. The third-order valence-corrected chi connectivity index (χ3v) is 2.47. The second kappa shape index (κ2) is 4.07. The van der Waals surface area contributed by atoms with E-state index in [1.54, 1.807) is 12.1 Å². The first kappa shape index (κ1) is 11.2. The Morgan fingerprint density at radius 1 is 1.14 bits per heavy atom. The number of hydrogen-bond acceptors (Lipinski definition) is 0. The summed E-state index contributed by atoms with van der Waals surface area (Å²) in [6.07, 6.45) is 0.882. The third kappa shape index (κ3) is 2.11. The molecule has 2 heteroatoms. The van der Waals surface area contributed by atoms with Crippen molar-refractivity contribution in [3.63, 3.8) is 0 Å². The number of alkyl halides is 2. The Morgan fingerprint density at radius 2 is 1.64 bits per heavy atom. The van der Waals surface area contributed by atoms with Crippen LogP contribution in [0.15, 0.2) is 24.3 Å². The lowest BCUT2D eigenvalue weighted by molar-refractivity contribution is -0.0513. The van der Waals surface area contributed by atoms with E-state index < -0.39 is 11.8 Å². The minimum absolute atomic E-state index is 0.115. The van der Waals surface area contributed by atoms with Crippen molar-refractivity contribution in [3.05, 3.63) is 35.4 Å². The van der Waals surface area contributed by atoms with Crippen LogP contribution in [0.1, 0.15) is 31.9 Å². The molecule has 0 saturated carbocycles. The molecule has 1 aromatic carbocycles. The van der Waals surface area contributed by atoms with E-state index in [0.717, 1.165) is 12.0 Å². The summed E-state index contributed by atoms with van der Waals surface area (Å²) >= 11 is 0. The molecule has 0 aliphatic rings. The summed E-state index contributed by atoms with van der Waals surface area (Å²) in [6.45, 7) is 5.08. The normalized spacial score (nSPS) is 12.1. The Balaban J connectivity index is 2.97. The van der Waals surface area contributed by atoms with Crippen molar-refractivity contribution in [2.45, 2.75) is 33.1 Å². The summed E-state index contributed by atoms with van der Waals surface area (Å²) < 4.78 is 27.0. The van der Waals surface area contributed by atoms with Gasteiger partial charge in [-0.25, -0.2) is 8.78 Å². The zero-order valence-electron chi connectivity index (χ0n) is 8.85. The van der Waals surface area contributed by atoms with Crippen LogP contribution in [0.25, 0.3) is 0 Å². The molecule has 0 N–H and O–H groups in total. The van der Waals surface area contributed by atoms with Crippen LogP contribution in [0.3, 0.4) is 0 Å². The second-order valence-corrected chi connectivity index (χ2v) is 3.83. The maximum atomic E-state index is 13.5. The predicted molar refractivity (Wildman–Crippen MR) is 54.6 cm³/mol. The van der Waals surface area contributed by atoms with E-state index >= 15 is 0 Å². The molecular formula is C12H16F2. The Hall–Kier alpha value is -0.920. The van der Waals surface area contributed by atoms with E-state index in [9.17, 15) is 8.78 Å². The molecule has 14 heavy (non-hydrogen) atoms. The topological polar surface area (TPSA) is 0 Å². The van der Waals surface area contributed by atoms with Crippen molar-refractivity contribution in [1.29, 1.82) is 0 Å². The van der Waals surface area contributed by atoms with Crippen LogP contribution in [-0.4, -0.2) is 0 Å². The van der Waals surface area contributed by atoms with E-state index in [-0.39, 0.29) is 5.56 Å². The van der Waals surface area contributed by atoms with Gasteiger partial charge in [-0.05, 0) is 12.0 Å². The van der Waals surface area contributed by atoms with Crippen molar-refractivity contribution < 1.29 is 8.78 Å². The van der Waals surface area contributed by atoms with Gasteiger partial charge in [-0.1, -0.05) is 45.0 Å². The fraction of sp³-hybridized carbons (Fsp3) is 0.500. The SMILES string of the molecule is CCc1ccc(C(F)(F)C(C)C)cc1. The molecule has 0 amide bonds. The van der Waals surface area contributed by atoms with Crippen LogP contribution in [-0.2, 0) is 12.3 Å². The average Bonchev–Trinajstić information content (AvgIpc) is 2.17. The van der Waals surface area contributed by atoms with Gasteiger partial charge in [0.15, 0.2) is 0 Å². The van der Waals surface area contributed by atoms with Crippen molar-refractivity contribution in [2.24, 2.45) is 5.92 Å². The Morgan fingerprint density at radius 3 is 2.00 bits per heavy atom. The summed E-state index contributed by atoms with van der Waals surface area (Å²) in [5.74, 6) is -3.37. The summed E-state index contributed by atoms with van der Waals surface area (Å²) in [4.78, 5) is 0. The van der Waals surface area contributed by atoms with Crippen molar-refractivity contribution in [3.8, 4) is 0 Å². The smallest absolute Gasteiger partial charge is 0.201 e.